The molecule has 0 saturated carbocycles. The number of carbonyl (C=O) groups excluding carboxylic acids is 1. The van der Waals surface area contributed by atoms with Gasteiger partial charge in [-0.05, 0) is 56.2 Å². The van der Waals surface area contributed by atoms with E-state index in [0.717, 1.165) is 55.4 Å². The third-order valence-electron chi connectivity index (χ3n) is 6.14. The van der Waals surface area contributed by atoms with Gasteiger partial charge in [0.05, 0.1) is 11.3 Å². The van der Waals surface area contributed by atoms with Crippen molar-refractivity contribution in [3.05, 3.63) is 70.4 Å². The van der Waals surface area contributed by atoms with Gasteiger partial charge in [0.2, 0.25) is 5.95 Å². The lowest BCUT2D eigenvalue weighted by molar-refractivity contribution is 0.0972. The van der Waals surface area contributed by atoms with Gasteiger partial charge in [0, 0.05) is 49.0 Å². The Morgan fingerprint density at radius 3 is 2.28 bits per heavy atom. The average Bonchev–Trinajstić information content (AvgIpc) is 2.81. The first-order chi connectivity index (χ1) is 15.6. The molecule has 2 aromatic carbocycles. The molecule has 6 nitrogen and oxygen atoms in total. The molecular weight excluding hydrogens is 422 g/mol. The van der Waals surface area contributed by atoms with Crippen LogP contribution >= 0.6 is 11.6 Å². The third-order valence-corrected chi connectivity index (χ3v) is 6.39. The Balaban J connectivity index is 1.40. The van der Waals surface area contributed by atoms with E-state index in [9.17, 15) is 4.79 Å². The fraction of sp³-hybridized carbons (Fsp3) is 0.320. The zero-order valence-electron chi connectivity index (χ0n) is 18.1. The zero-order chi connectivity index (χ0) is 22.1. The monoisotopic (exact) mass is 447 g/mol. The van der Waals surface area contributed by atoms with Crippen LogP contribution in [0.15, 0.2) is 48.5 Å². The lowest BCUT2D eigenvalue weighted by Gasteiger charge is -2.36. The molecular formula is C25H26ClN5O. The quantitative estimate of drug-likeness (QED) is 0.605. The molecule has 1 N–H and O–H groups in total. The fourth-order valence-corrected chi connectivity index (χ4v) is 4.46. The SMILES string of the molecule is Cc1ccc(Nc2nc(N3CCN(c4ccc(Cl)cc4)CC3)nc3c2C(=O)CCC3)cc1. The minimum atomic E-state index is 0.125. The van der Waals surface area contributed by atoms with Gasteiger partial charge in [-0.25, -0.2) is 4.98 Å². The van der Waals surface area contributed by atoms with Gasteiger partial charge >= 0.3 is 0 Å². The van der Waals surface area contributed by atoms with Crippen molar-refractivity contribution in [1.29, 1.82) is 0 Å². The number of rotatable bonds is 4. The van der Waals surface area contributed by atoms with E-state index >= 15 is 0 Å². The van der Waals surface area contributed by atoms with Gasteiger partial charge in [-0.3, -0.25) is 4.79 Å². The molecule has 1 saturated heterocycles. The van der Waals surface area contributed by atoms with Gasteiger partial charge in [0.15, 0.2) is 5.78 Å². The standard InChI is InChI=1S/C25H26ClN5O/c1-17-5-9-19(10-6-17)27-24-23-21(3-2-4-22(23)32)28-25(29-24)31-15-13-30(14-16-31)20-11-7-18(26)8-12-20/h5-12H,2-4,13-16H2,1H3,(H,27,28,29). The topological polar surface area (TPSA) is 61.4 Å². The number of Topliss-reactive ketones (excluding diaryl/α,β-unsaturated/α-hetero) is 1. The van der Waals surface area contributed by atoms with Gasteiger partial charge in [0.1, 0.15) is 5.82 Å². The number of aromatic nitrogens is 2. The van der Waals surface area contributed by atoms with Crippen molar-refractivity contribution >= 4 is 40.5 Å². The molecule has 0 amide bonds. The first-order valence-electron chi connectivity index (χ1n) is 11.1. The maximum Gasteiger partial charge on any atom is 0.227 e. The van der Waals surface area contributed by atoms with Gasteiger partial charge in [-0.2, -0.15) is 4.98 Å². The summed E-state index contributed by atoms with van der Waals surface area (Å²) in [7, 11) is 0. The van der Waals surface area contributed by atoms with Crippen LogP contribution in [0.2, 0.25) is 5.02 Å². The maximum atomic E-state index is 12.7. The van der Waals surface area contributed by atoms with Gasteiger partial charge in [-0.15, -0.1) is 0 Å². The summed E-state index contributed by atoms with van der Waals surface area (Å²) in [5.74, 6) is 1.45. The Hall–Kier alpha value is -3.12. The summed E-state index contributed by atoms with van der Waals surface area (Å²) in [6, 6.07) is 16.1. The second-order valence-electron chi connectivity index (χ2n) is 8.41. The van der Waals surface area contributed by atoms with Crippen molar-refractivity contribution in [3.63, 3.8) is 0 Å². The first kappa shape index (κ1) is 20.8. The summed E-state index contributed by atoms with van der Waals surface area (Å²) < 4.78 is 0. The largest absolute Gasteiger partial charge is 0.368 e. The molecule has 1 aliphatic carbocycles. The molecule has 0 bridgehead atoms. The Bertz CT molecular complexity index is 1120. The highest BCUT2D eigenvalue weighted by Gasteiger charge is 2.27. The summed E-state index contributed by atoms with van der Waals surface area (Å²) in [5, 5.41) is 4.14. The second kappa shape index (κ2) is 8.79. The number of aryl methyl sites for hydroxylation is 2. The molecule has 0 spiro atoms. The average molecular weight is 448 g/mol. The van der Waals surface area contributed by atoms with Gasteiger partial charge < -0.3 is 15.1 Å². The Morgan fingerprint density at radius 1 is 0.875 bits per heavy atom. The van der Waals surface area contributed by atoms with E-state index in [1.165, 1.54) is 11.3 Å². The van der Waals surface area contributed by atoms with Crippen LogP contribution in [0.4, 0.5) is 23.1 Å². The van der Waals surface area contributed by atoms with E-state index in [1.807, 2.05) is 24.3 Å². The van der Waals surface area contributed by atoms with Crippen molar-refractivity contribution in [2.45, 2.75) is 26.2 Å². The Kier molecular flexibility index (Phi) is 5.70. The number of benzene rings is 2. The third kappa shape index (κ3) is 4.28. The van der Waals surface area contributed by atoms with Crippen molar-refractivity contribution in [2.75, 3.05) is 41.3 Å². The van der Waals surface area contributed by atoms with Gasteiger partial charge in [-0.1, -0.05) is 29.3 Å². The number of carbonyl (C=O) groups is 1. The van der Waals surface area contributed by atoms with Crippen LogP contribution in [0, 0.1) is 6.92 Å². The summed E-state index contributed by atoms with van der Waals surface area (Å²) in [5.41, 5.74) is 4.80. The van der Waals surface area contributed by atoms with E-state index in [0.29, 0.717) is 23.8 Å². The highest BCUT2D eigenvalue weighted by molar-refractivity contribution is 6.30. The fourth-order valence-electron chi connectivity index (χ4n) is 4.33. The highest BCUT2D eigenvalue weighted by atomic mass is 35.5. The summed E-state index contributed by atoms with van der Waals surface area (Å²) in [6.07, 6.45) is 2.21. The van der Waals surface area contributed by atoms with Crippen LogP contribution in [0.5, 0.6) is 0 Å². The molecule has 164 valence electrons. The van der Waals surface area contributed by atoms with E-state index < -0.39 is 0 Å². The molecule has 2 heterocycles. The Labute approximate surface area is 193 Å². The molecule has 1 aromatic heterocycles. The van der Waals surface area contributed by atoms with Crippen LogP contribution in [0.3, 0.4) is 0 Å². The predicted octanol–water partition coefficient (Wildman–Crippen LogP) is 5.03. The lowest BCUT2D eigenvalue weighted by Crippen LogP contribution is -2.47. The van der Waals surface area contributed by atoms with Crippen molar-refractivity contribution < 1.29 is 4.79 Å². The number of hydrogen-bond donors (Lipinski definition) is 1. The molecule has 0 atom stereocenters. The second-order valence-corrected chi connectivity index (χ2v) is 8.85. The van der Waals surface area contributed by atoms with Crippen molar-refractivity contribution in [2.24, 2.45) is 0 Å². The number of piperazine rings is 1. The molecule has 5 rings (SSSR count). The van der Waals surface area contributed by atoms with Crippen molar-refractivity contribution in [3.8, 4) is 0 Å². The number of nitrogens with zero attached hydrogens (tertiary/aromatic N) is 4. The Morgan fingerprint density at radius 2 is 1.56 bits per heavy atom. The van der Waals surface area contributed by atoms with E-state index in [1.54, 1.807) is 0 Å². The number of anilines is 4. The molecule has 2 aliphatic rings. The number of ketones is 1. The van der Waals surface area contributed by atoms with E-state index in [-0.39, 0.29) is 5.78 Å². The first-order valence-corrected chi connectivity index (χ1v) is 11.5. The van der Waals surface area contributed by atoms with Crippen LogP contribution in [0.1, 0.15) is 34.5 Å². The molecule has 0 unspecified atom stereocenters. The van der Waals surface area contributed by atoms with Crippen LogP contribution in [0.25, 0.3) is 0 Å². The molecule has 3 aromatic rings. The molecule has 32 heavy (non-hydrogen) atoms. The van der Waals surface area contributed by atoms with Crippen LogP contribution in [-0.4, -0.2) is 41.9 Å². The number of nitrogens with one attached hydrogen (secondary N) is 1. The summed E-state index contributed by atoms with van der Waals surface area (Å²) in [4.78, 5) is 26.9. The molecule has 0 radical (unpaired) electrons. The highest BCUT2D eigenvalue weighted by Crippen LogP contribution is 2.30. The lowest BCUT2D eigenvalue weighted by atomic mass is 9.95. The van der Waals surface area contributed by atoms with Crippen molar-refractivity contribution in [1.82, 2.24) is 9.97 Å². The zero-order valence-corrected chi connectivity index (χ0v) is 18.9. The molecule has 1 fully saturated rings. The van der Waals surface area contributed by atoms with E-state index in [4.69, 9.17) is 21.6 Å². The van der Waals surface area contributed by atoms with E-state index in [2.05, 4.69) is 46.3 Å². The predicted molar refractivity (Wildman–Crippen MR) is 130 cm³/mol. The number of fused-ring (bicyclic) bond motifs is 1. The summed E-state index contributed by atoms with van der Waals surface area (Å²) >= 11 is 6.03. The number of hydrogen-bond acceptors (Lipinski definition) is 6. The minimum Gasteiger partial charge on any atom is -0.368 e. The summed E-state index contributed by atoms with van der Waals surface area (Å²) in [6.45, 7) is 5.45. The molecule has 1 aliphatic heterocycles. The maximum absolute atomic E-state index is 12.7. The van der Waals surface area contributed by atoms with Crippen LogP contribution < -0.4 is 15.1 Å². The molecule has 7 heteroatoms. The smallest absolute Gasteiger partial charge is 0.227 e. The minimum absolute atomic E-state index is 0.125. The normalized spacial score (nSPS) is 16.1. The number of halogens is 1. The van der Waals surface area contributed by atoms with Crippen LogP contribution in [-0.2, 0) is 6.42 Å². The van der Waals surface area contributed by atoms with Gasteiger partial charge in [0.25, 0.3) is 0 Å².